The molecule has 0 unspecified atom stereocenters. The van der Waals surface area contributed by atoms with E-state index in [0.29, 0.717) is 11.3 Å². The van der Waals surface area contributed by atoms with Gasteiger partial charge in [-0.2, -0.15) is 0 Å². The van der Waals surface area contributed by atoms with E-state index in [9.17, 15) is 15.0 Å². The lowest BCUT2D eigenvalue weighted by Crippen LogP contribution is -2.44. The number of aliphatic hydroxyl groups excluding tert-OH is 3. The molecule has 0 aromatic heterocycles. The summed E-state index contributed by atoms with van der Waals surface area (Å²) < 4.78 is 5.05. The number of nitrogens with one attached hydrogen (secondary N) is 2. The van der Waals surface area contributed by atoms with E-state index in [1.54, 1.807) is 24.3 Å². The van der Waals surface area contributed by atoms with Gasteiger partial charge in [-0.3, -0.25) is 4.79 Å². The number of ether oxygens (including phenoxy) is 1. The minimum Gasteiger partial charge on any atom is -0.497 e. The molecule has 4 atom stereocenters. The van der Waals surface area contributed by atoms with Crippen LogP contribution in [0.3, 0.4) is 0 Å². The second-order valence-electron chi connectivity index (χ2n) is 4.99. The number of benzene rings is 1. The number of carbonyl (C=O) groups excluding carboxylic acids is 1. The van der Waals surface area contributed by atoms with Crippen molar-refractivity contribution in [3.05, 3.63) is 29.8 Å². The minimum atomic E-state index is -1.05. The molecule has 1 aromatic carbocycles. The highest BCUT2D eigenvalue weighted by molar-refractivity contribution is 5.94. The van der Waals surface area contributed by atoms with Crippen molar-refractivity contribution < 1.29 is 24.9 Å². The van der Waals surface area contributed by atoms with Crippen molar-refractivity contribution in [3.63, 3.8) is 0 Å². The molecule has 1 amide bonds. The monoisotopic (exact) mass is 296 g/mol. The Kier molecular flexibility index (Phi) is 5.13. The third-order valence-electron chi connectivity index (χ3n) is 3.61. The third-order valence-corrected chi connectivity index (χ3v) is 3.61. The van der Waals surface area contributed by atoms with Gasteiger partial charge in [-0.1, -0.05) is 6.07 Å². The number of hydrogen-bond acceptors (Lipinski definition) is 6. The summed E-state index contributed by atoms with van der Waals surface area (Å²) in [4.78, 5) is 12.0. The number of carbonyl (C=O) groups is 1. The standard InChI is InChI=1S/C14H20N2O5/c1-21-9-4-2-3-8(5-9)14(20)15-6-10-12(18)13(19)11(7-17)16-10/h2-5,10-13,16-19H,6-7H2,1H3,(H,15,20)/t10-,11+,12+,13-/m0/s1. The molecule has 7 heteroatoms. The van der Waals surface area contributed by atoms with Crippen LogP contribution in [-0.2, 0) is 0 Å². The first-order chi connectivity index (χ1) is 10.1. The van der Waals surface area contributed by atoms with Crippen molar-refractivity contribution >= 4 is 5.91 Å². The van der Waals surface area contributed by atoms with Crippen LogP contribution in [0, 0.1) is 0 Å². The molecule has 1 saturated heterocycles. The molecule has 2 rings (SSSR count). The first kappa shape index (κ1) is 15.7. The van der Waals surface area contributed by atoms with E-state index in [-0.39, 0.29) is 19.1 Å². The Morgan fingerprint density at radius 1 is 1.33 bits per heavy atom. The molecule has 0 bridgehead atoms. The van der Waals surface area contributed by atoms with Gasteiger partial charge in [0.25, 0.3) is 5.91 Å². The summed E-state index contributed by atoms with van der Waals surface area (Å²) in [7, 11) is 1.52. The zero-order chi connectivity index (χ0) is 15.4. The molecule has 0 aliphatic carbocycles. The van der Waals surface area contributed by atoms with Crippen LogP contribution in [-0.4, -0.2) is 65.8 Å². The summed E-state index contributed by atoms with van der Waals surface area (Å²) in [5, 5.41) is 34.1. The largest absolute Gasteiger partial charge is 0.497 e. The second kappa shape index (κ2) is 6.86. The Labute approximate surface area is 122 Å². The summed E-state index contributed by atoms with van der Waals surface area (Å²) in [5.74, 6) is 0.280. The predicted octanol–water partition coefficient (Wildman–Crippen LogP) is -1.52. The highest BCUT2D eigenvalue weighted by atomic mass is 16.5. The predicted molar refractivity (Wildman–Crippen MR) is 75.1 cm³/mol. The molecular weight excluding hydrogens is 276 g/mol. The fraction of sp³-hybridized carbons (Fsp3) is 0.500. The molecule has 1 aliphatic rings. The van der Waals surface area contributed by atoms with Crippen LogP contribution in [0.15, 0.2) is 24.3 Å². The molecule has 116 valence electrons. The van der Waals surface area contributed by atoms with Gasteiger partial charge in [0.05, 0.1) is 38.0 Å². The lowest BCUT2D eigenvalue weighted by molar-refractivity contribution is 0.0197. The van der Waals surface area contributed by atoms with E-state index < -0.39 is 24.3 Å². The van der Waals surface area contributed by atoms with Gasteiger partial charge in [-0.05, 0) is 18.2 Å². The summed E-state index contributed by atoms with van der Waals surface area (Å²) in [6.45, 7) is -0.136. The van der Waals surface area contributed by atoms with Crippen molar-refractivity contribution in [1.82, 2.24) is 10.6 Å². The van der Waals surface area contributed by atoms with Gasteiger partial charge in [-0.15, -0.1) is 0 Å². The van der Waals surface area contributed by atoms with Crippen LogP contribution in [0.4, 0.5) is 0 Å². The van der Waals surface area contributed by atoms with Gasteiger partial charge in [0.1, 0.15) is 5.75 Å². The number of hydrogen-bond donors (Lipinski definition) is 5. The second-order valence-corrected chi connectivity index (χ2v) is 4.99. The lowest BCUT2D eigenvalue weighted by atomic mass is 10.1. The fourth-order valence-electron chi connectivity index (χ4n) is 2.36. The summed E-state index contributed by atoms with van der Waals surface area (Å²) in [6, 6.07) is 5.62. The van der Waals surface area contributed by atoms with E-state index in [0.717, 1.165) is 0 Å². The maximum Gasteiger partial charge on any atom is 0.251 e. The van der Waals surface area contributed by atoms with Crippen molar-refractivity contribution in [2.24, 2.45) is 0 Å². The van der Waals surface area contributed by atoms with Crippen molar-refractivity contribution in [2.75, 3.05) is 20.3 Å². The average molecular weight is 296 g/mol. The molecule has 1 aromatic rings. The highest BCUT2D eigenvalue weighted by Crippen LogP contribution is 2.15. The zero-order valence-corrected chi connectivity index (χ0v) is 11.7. The number of rotatable bonds is 5. The van der Waals surface area contributed by atoms with Gasteiger partial charge >= 0.3 is 0 Å². The number of amides is 1. The smallest absolute Gasteiger partial charge is 0.251 e. The molecule has 5 N–H and O–H groups in total. The van der Waals surface area contributed by atoms with E-state index in [1.165, 1.54) is 7.11 Å². The van der Waals surface area contributed by atoms with Crippen LogP contribution >= 0.6 is 0 Å². The fourth-order valence-corrected chi connectivity index (χ4v) is 2.36. The van der Waals surface area contributed by atoms with Crippen LogP contribution < -0.4 is 15.4 Å². The topological polar surface area (TPSA) is 111 Å². The molecular formula is C14H20N2O5. The Morgan fingerprint density at radius 3 is 2.67 bits per heavy atom. The van der Waals surface area contributed by atoms with E-state index in [2.05, 4.69) is 10.6 Å². The SMILES string of the molecule is COc1cccc(C(=O)NC[C@@H]2N[C@H](CO)[C@H](O)[C@@H]2O)c1. The molecule has 1 aliphatic heterocycles. The summed E-state index contributed by atoms with van der Waals surface area (Å²) in [5.41, 5.74) is 0.445. The quantitative estimate of drug-likeness (QED) is 0.451. The van der Waals surface area contributed by atoms with E-state index in [4.69, 9.17) is 9.84 Å². The summed E-state index contributed by atoms with van der Waals surface area (Å²) in [6.07, 6.45) is -2.08. The van der Waals surface area contributed by atoms with E-state index in [1.807, 2.05) is 0 Å². The Balaban J connectivity index is 1.92. The Hall–Kier alpha value is -1.67. The maximum atomic E-state index is 12.0. The van der Waals surface area contributed by atoms with Gasteiger partial charge in [0, 0.05) is 12.1 Å². The van der Waals surface area contributed by atoms with Gasteiger partial charge < -0.3 is 30.7 Å². The molecule has 0 saturated carbocycles. The maximum absolute atomic E-state index is 12.0. The first-order valence-corrected chi connectivity index (χ1v) is 6.72. The van der Waals surface area contributed by atoms with Crippen LogP contribution in [0.2, 0.25) is 0 Å². The first-order valence-electron chi connectivity index (χ1n) is 6.72. The number of aliphatic hydroxyl groups is 3. The highest BCUT2D eigenvalue weighted by Gasteiger charge is 2.40. The normalized spacial score (nSPS) is 28.4. The van der Waals surface area contributed by atoms with Crippen molar-refractivity contribution in [1.29, 1.82) is 0 Å². The molecule has 1 fully saturated rings. The van der Waals surface area contributed by atoms with Crippen LogP contribution in [0.5, 0.6) is 5.75 Å². The van der Waals surface area contributed by atoms with Crippen LogP contribution in [0.25, 0.3) is 0 Å². The van der Waals surface area contributed by atoms with Crippen molar-refractivity contribution in [2.45, 2.75) is 24.3 Å². The molecule has 7 nitrogen and oxygen atoms in total. The van der Waals surface area contributed by atoms with E-state index >= 15 is 0 Å². The number of methoxy groups -OCH3 is 1. The molecule has 21 heavy (non-hydrogen) atoms. The van der Waals surface area contributed by atoms with Gasteiger partial charge in [0.2, 0.25) is 0 Å². The Morgan fingerprint density at radius 2 is 2.05 bits per heavy atom. The summed E-state index contributed by atoms with van der Waals surface area (Å²) >= 11 is 0. The van der Waals surface area contributed by atoms with Gasteiger partial charge in [0.15, 0.2) is 0 Å². The van der Waals surface area contributed by atoms with Crippen LogP contribution in [0.1, 0.15) is 10.4 Å². The van der Waals surface area contributed by atoms with Gasteiger partial charge in [-0.25, -0.2) is 0 Å². The molecule has 0 radical (unpaired) electrons. The van der Waals surface area contributed by atoms with Crippen molar-refractivity contribution in [3.8, 4) is 5.75 Å². The zero-order valence-electron chi connectivity index (χ0n) is 11.7. The third kappa shape index (κ3) is 3.51. The Bertz CT molecular complexity index is 496. The lowest BCUT2D eigenvalue weighted by Gasteiger charge is -2.16. The molecule has 1 heterocycles. The average Bonchev–Trinajstić information content (AvgIpc) is 2.80. The molecule has 0 spiro atoms. The minimum absolute atomic E-state index is 0.144.